The number of nitrogens with one attached hydrogen (secondary N) is 1. The Morgan fingerprint density at radius 3 is 2.64 bits per heavy atom. The van der Waals surface area contributed by atoms with Crippen molar-refractivity contribution >= 4 is 43.2 Å². The Labute approximate surface area is 171 Å². The quantitative estimate of drug-likeness (QED) is 0.605. The van der Waals surface area contributed by atoms with E-state index in [0.717, 1.165) is 20.6 Å². The van der Waals surface area contributed by atoms with Crippen LogP contribution in [-0.2, 0) is 14.8 Å². The molecule has 1 N–H and O–H groups in total. The third-order valence-corrected chi connectivity index (χ3v) is 5.59. The lowest BCUT2D eigenvalue weighted by Crippen LogP contribution is -2.38. The van der Waals surface area contributed by atoms with Gasteiger partial charge in [-0.15, -0.1) is 0 Å². The van der Waals surface area contributed by atoms with Gasteiger partial charge in [-0.3, -0.25) is 9.10 Å². The monoisotopic (exact) mass is 463 g/mol. The number of rotatable bonds is 6. The molecule has 8 nitrogen and oxygen atoms in total. The molecule has 146 valence electrons. The Kier molecular flexibility index (Phi) is 5.80. The van der Waals surface area contributed by atoms with Crippen molar-refractivity contribution in [3.8, 4) is 5.69 Å². The highest BCUT2D eigenvalue weighted by Crippen LogP contribution is 2.25. The number of aryl methyl sites for hydroxylation is 1. The predicted octanol–water partition coefficient (Wildman–Crippen LogP) is 2.74. The molecule has 0 saturated heterocycles. The van der Waals surface area contributed by atoms with Crippen molar-refractivity contribution < 1.29 is 13.2 Å². The molecule has 0 fully saturated rings. The Morgan fingerprint density at radius 2 is 2.00 bits per heavy atom. The molecular formula is C18H18BrN5O3S. The van der Waals surface area contributed by atoms with E-state index in [-0.39, 0.29) is 6.54 Å². The number of hydrogen-bond donors (Lipinski definition) is 1. The molecule has 1 aromatic heterocycles. The van der Waals surface area contributed by atoms with Crippen LogP contribution in [0.3, 0.4) is 0 Å². The van der Waals surface area contributed by atoms with Crippen molar-refractivity contribution in [2.45, 2.75) is 6.92 Å². The van der Waals surface area contributed by atoms with Crippen LogP contribution in [0.5, 0.6) is 0 Å². The second kappa shape index (κ2) is 8.11. The van der Waals surface area contributed by atoms with Gasteiger partial charge in [0.05, 0.1) is 23.3 Å². The summed E-state index contributed by atoms with van der Waals surface area (Å²) < 4.78 is 27.9. The van der Waals surface area contributed by atoms with E-state index >= 15 is 0 Å². The molecule has 0 aliphatic carbocycles. The number of anilines is 2. The second-order valence-corrected chi connectivity index (χ2v) is 8.93. The van der Waals surface area contributed by atoms with Crippen molar-refractivity contribution in [2.75, 3.05) is 22.4 Å². The Morgan fingerprint density at radius 1 is 1.25 bits per heavy atom. The molecule has 1 amide bonds. The maximum Gasteiger partial charge on any atom is 0.245 e. The fourth-order valence-corrected chi connectivity index (χ4v) is 3.96. The average Bonchev–Trinajstić information content (AvgIpc) is 3.14. The molecule has 0 radical (unpaired) electrons. The molecule has 0 bridgehead atoms. The van der Waals surface area contributed by atoms with Crippen LogP contribution in [0, 0.1) is 6.92 Å². The number of nitrogens with zero attached hydrogens (tertiary/aromatic N) is 4. The van der Waals surface area contributed by atoms with Gasteiger partial charge in [0.15, 0.2) is 0 Å². The van der Waals surface area contributed by atoms with E-state index < -0.39 is 15.9 Å². The first kappa shape index (κ1) is 20.0. The van der Waals surface area contributed by atoms with Crippen LogP contribution in [0.2, 0.25) is 0 Å². The predicted molar refractivity (Wildman–Crippen MR) is 111 cm³/mol. The lowest BCUT2D eigenvalue weighted by atomic mass is 10.2. The summed E-state index contributed by atoms with van der Waals surface area (Å²) >= 11 is 3.38. The number of carbonyl (C=O) groups excluding carboxylic acids is 1. The topological polar surface area (TPSA) is 97.2 Å². The molecule has 0 unspecified atom stereocenters. The first-order valence-electron chi connectivity index (χ1n) is 8.23. The number of halogens is 1. The van der Waals surface area contributed by atoms with Crippen molar-refractivity contribution in [3.05, 3.63) is 65.2 Å². The summed E-state index contributed by atoms with van der Waals surface area (Å²) in [4.78, 5) is 16.6. The fourth-order valence-electron chi connectivity index (χ4n) is 2.69. The number of para-hydroxylation sites is 1. The summed E-state index contributed by atoms with van der Waals surface area (Å²) in [5.41, 5.74) is 2.30. The Hall–Kier alpha value is -2.72. The van der Waals surface area contributed by atoms with Gasteiger partial charge in [-0.1, -0.05) is 34.1 Å². The average molecular weight is 464 g/mol. The third-order valence-electron chi connectivity index (χ3n) is 3.97. The van der Waals surface area contributed by atoms with Gasteiger partial charge in [0.25, 0.3) is 0 Å². The summed E-state index contributed by atoms with van der Waals surface area (Å²) in [7, 11) is -3.65. The minimum Gasteiger partial charge on any atom is -0.323 e. The molecule has 0 spiro atoms. The van der Waals surface area contributed by atoms with Gasteiger partial charge in [0.2, 0.25) is 15.9 Å². The number of benzene rings is 2. The van der Waals surface area contributed by atoms with Crippen molar-refractivity contribution in [1.82, 2.24) is 14.8 Å². The summed E-state index contributed by atoms with van der Waals surface area (Å²) in [6, 6.07) is 12.3. The second-order valence-electron chi connectivity index (χ2n) is 6.11. The number of aromatic nitrogens is 3. The number of hydrogen-bond acceptors (Lipinski definition) is 5. The minimum absolute atomic E-state index is 0.354. The van der Waals surface area contributed by atoms with E-state index in [1.807, 2.05) is 12.1 Å². The first-order valence-corrected chi connectivity index (χ1v) is 10.9. The maximum absolute atomic E-state index is 12.7. The summed E-state index contributed by atoms with van der Waals surface area (Å²) in [6.07, 6.45) is 3.97. The van der Waals surface area contributed by atoms with Crippen LogP contribution in [0.15, 0.2) is 59.6 Å². The molecular weight excluding hydrogens is 446 g/mol. The van der Waals surface area contributed by atoms with Crippen LogP contribution in [0.25, 0.3) is 5.69 Å². The molecule has 0 atom stereocenters. The fraction of sp³-hybridized carbons (Fsp3) is 0.167. The largest absolute Gasteiger partial charge is 0.323 e. The highest BCUT2D eigenvalue weighted by atomic mass is 79.9. The van der Waals surface area contributed by atoms with E-state index in [1.165, 1.54) is 17.3 Å². The zero-order valence-electron chi connectivity index (χ0n) is 15.2. The molecule has 3 aromatic rings. The zero-order chi connectivity index (χ0) is 20.3. The molecule has 10 heteroatoms. The molecule has 28 heavy (non-hydrogen) atoms. The number of carbonyl (C=O) groups is 1. The molecule has 0 aliphatic rings. The highest BCUT2D eigenvalue weighted by Gasteiger charge is 2.22. The third kappa shape index (κ3) is 4.57. The van der Waals surface area contributed by atoms with Gasteiger partial charge < -0.3 is 5.32 Å². The lowest BCUT2D eigenvalue weighted by molar-refractivity contribution is -0.114. The van der Waals surface area contributed by atoms with Gasteiger partial charge in [0, 0.05) is 4.47 Å². The van der Waals surface area contributed by atoms with E-state index in [9.17, 15) is 13.2 Å². The summed E-state index contributed by atoms with van der Waals surface area (Å²) in [5, 5.41) is 6.84. The Bertz CT molecular complexity index is 1100. The van der Waals surface area contributed by atoms with Crippen molar-refractivity contribution in [3.63, 3.8) is 0 Å². The molecule has 0 saturated carbocycles. The van der Waals surface area contributed by atoms with Crippen LogP contribution >= 0.6 is 15.9 Å². The van der Waals surface area contributed by atoms with Gasteiger partial charge in [-0.25, -0.2) is 18.1 Å². The SMILES string of the molecule is Cc1ccccc1N(CC(=O)Nc1cc(Br)ccc1-n1cncn1)S(C)(=O)=O. The van der Waals surface area contributed by atoms with E-state index in [0.29, 0.717) is 17.1 Å². The van der Waals surface area contributed by atoms with Crippen LogP contribution in [0.1, 0.15) is 5.56 Å². The number of sulfonamides is 1. The summed E-state index contributed by atoms with van der Waals surface area (Å²) in [6.45, 7) is 1.44. The first-order chi connectivity index (χ1) is 13.3. The van der Waals surface area contributed by atoms with Gasteiger partial charge >= 0.3 is 0 Å². The van der Waals surface area contributed by atoms with Gasteiger partial charge in [0.1, 0.15) is 19.2 Å². The van der Waals surface area contributed by atoms with Crippen molar-refractivity contribution in [1.29, 1.82) is 0 Å². The Balaban J connectivity index is 1.89. The highest BCUT2D eigenvalue weighted by molar-refractivity contribution is 9.10. The zero-order valence-corrected chi connectivity index (χ0v) is 17.6. The van der Waals surface area contributed by atoms with Crippen LogP contribution in [-0.4, -0.2) is 41.9 Å². The van der Waals surface area contributed by atoms with E-state index in [2.05, 4.69) is 31.3 Å². The smallest absolute Gasteiger partial charge is 0.245 e. The molecule has 1 heterocycles. The van der Waals surface area contributed by atoms with Crippen LogP contribution in [0.4, 0.5) is 11.4 Å². The normalized spacial score (nSPS) is 11.2. The van der Waals surface area contributed by atoms with Crippen LogP contribution < -0.4 is 9.62 Å². The summed E-state index contributed by atoms with van der Waals surface area (Å²) in [5.74, 6) is -0.479. The van der Waals surface area contributed by atoms with E-state index in [4.69, 9.17) is 0 Å². The minimum atomic E-state index is -3.65. The lowest BCUT2D eigenvalue weighted by Gasteiger charge is -2.23. The molecule has 3 rings (SSSR count). The standard InChI is InChI=1S/C18H18BrN5O3S/c1-13-5-3-4-6-16(13)24(28(2,26)27)10-18(25)22-15-9-14(19)7-8-17(15)23-12-20-11-21-23/h3-9,11-12H,10H2,1-2H3,(H,22,25). The van der Waals surface area contributed by atoms with Crippen molar-refractivity contribution in [2.24, 2.45) is 0 Å². The maximum atomic E-state index is 12.7. The van der Waals surface area contributed by atoms with E-state index in [1.54, 1.807) is 37.3 Å². The number of amides is 1. The van der Waals surface area contributed by atoms with Gasteiger partial charge in [-0.05, 0) is 36.8 Å². The molecule has 2 aromatic carbocycles. The van der Waals surface area contributed by atoms with Gasteiger partial charge in [-0.2, -0.15) is 5.10 Å². The molecule has 0 aliphatic heterocycles.